The molecule has 0 fully saturated rings. The van der Waals surface area contributed by atoms with E-state index in [0.717, 1.165) is 49.4 Å². The molecule has 2 aromatic carbocycles. The quantitative estimate of drug-likeness (QED) is 0.333. The zero-order valence-corrected chi connectivity index (χ0v) is 22.2. The maximum absolute atomic E-state index is 13.1. The van der Waals surface area contributed by atoms with Crippen LogP contribution in [0.3, 0.4) is 0 Å². The van der Waals surface area contributed by atoms with Crippen LogP contribution in [-0.4, -0.2) is 60.3 Å². The molecule has 192 valence electrons. The maximum Gasteiger partial charge on any atom is 0.400 e. The standard InChI is InChI=1S/C28H40FN2O4/c1-21(2)28(19-30-20-29,23-10-12-25(33-5)27(18-23)35-7)14-8-15-31(3)16-13-22-9-11-24(32-4)26(17-22)34-6/h9-12,17-18,21H,8,13-16,20H2,1-7H3/q+1. The van der Waals surface area contributed by atoms with E-state index in [9.17, 15) is 4.39 Å². The highest BCUT2D eigenvalue weighted by Gasteiger charge is 2.40. The maximum atomic E-state index is 13.1. The number of methoxy groups -OCH3 is 4. The lowest BCUT2D eigenvalue weighted by molar-refractivity contribution is 0.293. The highest BCUT2D eigenvalue weighted by Crippen LogP contribution is 2.40. The zero-order chi connectivity index (χ0) is 25.8. The van der Waals surface area contributed by atoms with Gasteiger partial charge in [0.15, 0.2) is 23.0 Å². The molecule has 0 heterocycles. The lowest BCUT2D eigenvalue weighted by Crippen LogP contribution is -2.32. The topological polar surface area (TPSA) is 44.5 Å². The Morgan fingerprint density at radius 1 is 0.886 bits per heavy atom. The first-order valence-electron chi connectivity index (χ1n) is 12.0. The minimum absolute atomic E-state index is 0.160. The lowest BCUT2D eigenvalue weighted by Gasteiger charge is -2.30. The summed E-state index contributed by atoms with van der Waals surface area (Å²) in [5, 5.41) is 0. The number of halogens is 1. The van der Waals surface area contributed by atoms with Crippen LogP contribution in [0, 0.1) is 12.0 Å². The number of hydrogen-bond donors (Lipinski definition) is 0. The monoisotopic (exact) mass is 487 g/mol. The smallest absolute Gasteiger partial charge is 0.400 e. The molecule has 0 N–H and O–H groups in total. The van der Waals surface area contributed by atoms with Gasteiger partial charge in [-0.05, 0) is 79.0 Å². The zero-order valence-electron chi connectivity index (χ0n) is 22.2. The van der Waals surface area contributed by atoms with Gasteiger partial charge in [-0.1, -0.05) is 26.0 Å². The summed E-state index contributed by atoms with van der Waals surface area (Å²) in [5.41, 5.74) is 1.66. The molecule has 7 heteroatoms. The van der Waals surface area contributed by atoms with Crippen LogP contribution < -0.4 is 18.9 Å². The minimum atomic E-state index is -0.785. The first-order valence-corrected chi connectivity index (χ1v) is 12.0. The van der Waals surface area contributed by atoms with Gasteiger partial charge in [-0.25, -0.2) is 0 Å². The predicted molar refractivity (Wildman–Crippen MR) is 139 cm³/mol. The Hall–Kier alpha value is -2.98. The van der Waals surface area contributed by atoms with Crippen molar-refractivity contribution in [3.63, 3.8) is 0 Å². The van der Waals surface area contributed by atoms with Gasteiger partial charge in [0, 0.05) is 6.54 Å². The van der Waals surface area contributed by atoms with Crippen molar-refractivity contribution in [2.75, 3.05) is 55.4 Å². The fourth-order valence-corrected chi connectivity index (χ4v) is 4.40. The van der Waals surface area contributed by atoms with E-state index in [2.05, 4.69) is 42.8 Å². The number of alkyl halides is 1. The summed E-state index contributed by atoms with van der Waals surface area (Å²) >= 11 is 0. The van der Waals surface area contributed by atoms with Crippen LogP contribution in [0.25, 0.3) is 4.85 Å². The molecule has 0 saturated carbocycles. The second-order valence-corrected chi connectivity index (χ2v) is 8.93. The van der Waals surface area contributed by atoms with Crippen molar-refractivity contribution in [2.45, 2.75) is 38.5 Å². The molecule has 0 radical (unpaired) electrons. The molecule has 2 rings (SSSR count). The predicted octanol–water partition coefficient (Wildman–Crippen LogP) is 5.83. The van der Waals surface area contributed by atoms with E-state index < -0.39 is 12.2 Å². The summed E-state index contributed by atoms with van der Waals surface area (Å²) in [5.74, 6) is 2.94. The first kappa shape index (κ1) is 28.3. The van der Waals surface area contributed by atoms with Crippen LogP contribution in [0.15, 0.2) is 36.4 Å². The highest BCUT2D eigenvalue weighted by atomic mass is 19.1. The number of benzene rings is 2. The number of ether oxygens (including phenoxy) is 4. The molecular weight excluding hydrogens is 447 g/mol. The third kappa shape index (κ3) is 7.25. The molecule has 6 nitrogen and oxygen atoms in total. The Kier molecular flexibility index (Phi) is 11.1. The van der Waals surface area contributed by atoms with Crippen molar-refractivity contribution >= 4 is 0 Å². The Morgan fingerprint density at radius 3 is 2.06 bits per heavy atom. The molecule has 0 aliphatic carbocycles. The minimum Gasteiger partial charge on any atom is -0.493 e. The average molecular weight is 488 g/mol. The van der Waals surface area contributed by atoms with E-state index in [1.165, 1.54) is 5.56 Å². The second-order valence-electron chi connectivity index (χ2n) is 8.93. The summed E-state index contributed by atoms with van der Waals surface area (Å²) in [6.45, 7) is 5.26. The van der Waals surface area contributed by atoms with E-state index in [0.29, 0.717) is 11.5 Å². The number of hydrogen-bond acceptors (Lipinski definition) is 5. The molecule has 0 aliphatic heterocycles. The van der Waals surface area contributed by atoms with Crippen LogP contribution in [0.2, 0.25) is 0 Å². The van der Waals surface area contributed by atoms with Gasteiger partial charge < -0.3 is 23.8 Å². The number of likely N-dealkylation sites (N-methyl/N-ethyl adjacent to an activating group) is 1. The van der Waals surface area contributed by atoms with Crippen molar-refractivity contribution in [3.05, 3.63) is 52.4 Å². The van der Waals surface area contributed by atoms with Gasteiger partial charge in [-0.15, -0.1) is 0 Å². The Balaban J connectivity index is 2.11. The van der Waals surface area contributed by atoms with E-state index >= 15 is 0 Å². The Labute approximate surface area is 209 Å². The van der Waals surface area contributed by atoms with Crippen LogP contribution in [-0.2, 0) is 11.8 Å². The van der Waals surface area contributed by atoms with Crippen LogP contribution in [0.5, 0.6) is 23.0 Å². The molecule has 0 spiro atoms. The fraction of sp³-hybridized carbons (Fsp3) is 0.536. The van der Waals surface area contributed by atoms with Gasteiger partial charge in [0.1, 0.15) is 5.41 Å². The third-order valence-corrected chi connectivity index (χ3v) is 6.56. The molecular formula is C28H40FN2O4+. The van der Waals surface area contributed by atoms with Crippen LogP contribution in [0.1, 0.15) is 37.8 Å². The summed E-state index contributed by atoms with van der Waals surface area (Å²) < 4.78 is 34.7. The van der Waals surface area contributed by atoms with E-state index in [1.54, 1.807) is 28.4 Å². The Bertz CT molecular complexity index is 1000. The van der Waals surface area contributed by atoms with Crippen LogP contribution >= 0.6 is 0 Å². The van der Waals surface area contributed by atoms with E-state index in [1.807, 2.05) is 30.3 Å². The van der Waals surface area contributed by atoms with Crippen molar-refractivity contribution in [1.29, 1.82) is 0 Å². The van der Waals surface area contributed by atoms with Crippen molar-refractivity contribution in [2.24, 2.45) is 5.92 Å². The molecule has 0 saturated heterocycles. The molecule has 0 bridgehead atoms. The molecule has 35 heavy (non-hydrogen) atoms. The Morgan fingerprint density at radius 2 is 1.49 bits per heavy atom. The summed E-state index contributed by atoms with van der Waals surface area (Å²) in [6, 6.07) is 15.0. The van der Waals surface area contributed by atoms with E-state index in [4.69, 9.17) is 18.9 Å². The van der Waals surface area contributed by atoms with Gasteiger partial charge in [-0.3, -0.25) is 0 Å². The first-order chi connectivity index (χ1) is 16.8. The van der Waals surface area contributed by atoms with Gasteiger partial charge >= 0.3 is 6.80 Å². The summed E-state index contributed by atoms with van der Waals surface area (Å²) in [6.07, 6.45) is 2.59. The van der Waals surface area contributed by atoms with Crippen molar-refractivity contribution in [3.8, 4) is 29.1 Å². The van der Waals surface area contributed by atoms with Crippen molar-refractivity contribution < 1.29 is 23.3 Å². The number of rotatable bonds is 13. The normalized spacial score (nSPS) is 12.6. The molecule has 1 unspecified atom stereocenters. The second kappa shape index (κ2) is 13.8. The largest absolute Gasteiger partial charge is 0.493 e. The van der Waals surface area contributed by atoms with Crippen molar-refractivity contribution in [1.82, 2.24) is 4.90 Å². The lowest BCUT2D eigenvalue weighted by atomic mass is 9.69. The molecule has 0 amide bonds. The number of nitrogens with zero attached hydrogens (tertiary/aromatic N) is 2. The molecule has 1 atom stereocenters. The summed E-state index contributed by atoms with van der Waals surface area (Å²) in [7, 11) is 8.64. The fourth-order valence-electron chi connectivity index (χ4n) is 4.40. The average Bonchev–Trinajstić information content (AvgIpc) is 2.88. The van der Waals surface area contributed by atoms with E-state index in [-0.39, 0.29) is 5.92 Å². The molecule has 0 aliphatic rings. The van der Waals surface area contributed by atoms with Gasteiger partial charge in [0.2, 0.25) is 0 Å². The third-order valence-electron chi connectivity index (χ3n) is 6.56. The summed E-state index contributed by atoms with van der Waals surface area (Å²) in [4.78, 5) is 6.23. The SMILES string of the molecule is COc1ccc(CCN(C)CCCC(C#[N+]CF)(c2ccc(OC)c(OC)c2)C(C)C)cc1OC. The van der Waals surface area contributed by atoms with Crippen LogP contribution in [0.4, 0.5) is 4.39 Å². The van der Waals surface area contributed by atoms with Gasteiger partial charge in [0.25, 0.3) is 6.07 Å². The molecule has 2 aromatic rings. The highest BCUT2D eigenvalue weighted by molar-refractivity contribution is 5.48. The van der Waals surface area contributed by atoms with Gasteiger partial charge in [-0.2, -0.15) is 4.39 Å². The molecule has 0 aromatic heterocycles. The van der Waals surface area contributed by atoms with Gasteiger partial charge in [0.05, 0.1) is 28.4 Å².